The van der Waals surface area contributed by atoms with Crippen molar-refractivity contribution in [2.75, 3.05) is 6.61 Å². The maximum absolute atomic E-state index is 11.8. The van der Waals surface area contributed by atoms with Gasteiger partial charge in [0.25, 0.3) is 0 Å². The molecule has 1 aromatic rings. The molecule has 1 amide bonds. The summed E-state index contributed by atoms with van der Waals surface area (Å²) in [5, 5.41) is 2.06. The first-order valence-corrected chi connectivity index (χ1v) is 6.16. The van der Waals surface area contributed by atoms with Gasteiger partial charge >= 0.3 is 0 Å². The predicted octanol–water partition coefficient (Wildman–Crippen LogP) is 2.89. The molecule has 4 heteroatoms. The molecule has 0 saturated carbocycles. The van der Waals surface area contributed by atoms with E-state index in [1.54, 1.807) is 0 Å². The summed E-state index contributed by atoms with van der Waals surface area (Å²) in [7, 11) is 0. The van der Waals surface area contributed by atoms with Gasteiger partial charge in [0.15, 0.2) is 0 Å². The fraction of sp³-hybridized carbons (Fsp3) is 0.462. The lowest BCUT2D eigenvalue weighted by Gasteiger charge is -2.16. The second-order valence-corrected chi connectivity index (χ2v) is 4.43. The molecular formula is C13H18ClNO2. The average molecular weight is 256 g/mol. The Hall–Kier alpha value is -1.22. The number of nitrogens with one attached hydrogen (secondary N) is 1. The van der Waals surface area contributed by atoms with Crippen LogP contribution in [-0.2, 0) is 4.79 Å². The smallest absolute Gasteiger partial charge is 0.242 e. The lowest BCUT2D eigenvalue weighted by molar-refractivity contribution is -0.121. The first kappa shape index (κ1) is 13.8. The van der Waals surface area contributed by atoms with Gasteiger partial charge in [-0.15, -0.1) is 11.6 Å². The van der Waals surface area contributed by atoms with Gasteiger partial charge in [-0.1, -0.05) is 18.2 Å². The van der Waals surface area contributed by atoms with E-state index in [1.165, 1.54) is 0 Å². The summed E-state index contributed by atoms with van der Waals surface area (Å²) in [6.07, 6.45) is 0. The standard InChI is InChI=1S/C13H18ClNO2/c1-4-17-11-8-6-5-7-10(11)12(14)13(16)15-9(2)3/h5-9,12H,4H2,1-3H3,(H,15,16). The summed E-state index contributed by atoms with van der Waals surface area (Å²) in [6, 6.07) is 7.40. The summed E-state index contributed by atoms with van der Waals surface area (Å²) in [4.78, 5) is 11.8. The third kappa shape index (κ3) is 3.93. The van der Waals surface area contributed by atoms with Crippen LogP contribution < -0.4 is 10.1 Å². The van der Waals surface area contributed by atoms with Gasteiger partial charge in [0.05, 0.1) is 6.61 Å². The van der Waals surface area contributed by atoms with E-state index in [4.69, 9.17) is 16.3 Å². The zero-order chi connectivity index (χ0) is 12.8. The molecule has 0 aliphatic heterocycles. The minimum Gasteiger partial charge on any atom is -0.494 e. The number of hydrogen-bond acceptors (Lipinski definition) is 2. The van der Waals surface area contributed by atoms with Crippen LogP contribution in [0.5, 0.6) is 5.75 Å². The van der Waals surface area contributed by atoms with Gasteiger partial charge in [0.1, 0.15) is 11.1 Å². The zero-order valence-corrected chi connectivity index (χ0v) is 11.1. The molecule has 17 heavy (non-hydrogen) atoms. The summed E-state index contributed by atoms with van der Waals surface area (Å²) < 4.78 is 5.45. The fourth-order valence-electron chi connectivity index (χ4n) is 1.48. The van der Waals surface area contributed by atoms with Crippen molar-refractivity contribution in [3.05, 3.63) is 29.8 Å². The van der Waals surface area contributed by atoms with Crippen molar-refractivity contribution in [2.24, 2.45) is 0 Å². The van der Waals surface area contributed by atoms with Gasteiger partial charge in [-0.05, 0) is 26.8 Å². The molecule has 0 heterocycles. The first-order valence-electron chi connectivity index (χ1n) is 5.72. The van der Waals surface area contributed by atoms with E-state index in [9.17, 15) is 4.79 Å². The number of benzene rings is 1. The van der Waals surface area contributed by atoms with E-state index >= 15 is 0 Å². The molecule has 1 rings (SSSR count). The molecular weight excluding hydrogens is 238 g/mol. The summed E-state index contributed by atoms with van der Waals surface area (Å²) in [5.74, 6) is 0.461. The Labute approximate surface area is 107 Å². The number of amides is 1. The second-order valence-electron chi connectivity index (χ2n) is 4.00. The minimum atomic E-state index is -0.722. The third-order valence-electron chi connectivity index (χ3n) is 2.15. The highest BCUT2D eigenvalue weighted by Gasteiger charge is 2.21. The Morgan fingerprint density at radius 3 is 2.65 bits per heavy atom. The van der Waals surface area contributed by atoms with Crippen LogP contribution in [0, 0.1) is 0 Å². The quantitative estimate of drug-likeness (QED) is 0.822. The molecule has 1 N–H and O–H groups in total. The number of carbonyl (C=O) groups excluding carboxylic acids is 1. The first-order chi connectivity index (χ1) is 8.06. The van der Waals surface area contributed by atoms with E-state index in [-0.39, 0.29) is 11.9 Å². The van der Waals surface area contributed by atoms with Gasteiger partial charge in [0, 0.05) is 11.6 Å². The number of rotatable bonds is 5. The van der Waals surface area contributed by atoms with Crippen molar-refractivity contribution in [1.82, 2.24) is 5.32 Å². The molecule has 0 bridgehead atoms. The highest BCUT2D eigenvalue weighted by Crippen LogP contribution is 2.29. The predicted molar refractivity (Wildman–Crippen MR) is 69.5 cm³/mol. The maximum Gasteiger partial charge on any atom is 0.242 e. The van der Waals surface area contributed by atoms with Crippen LogP contribution in [0.25, 0.3) is 0 Å². The Morgan fingerprint density at radius 2 is 2.06 bits per heavy atom. The zero-order valence-electron chi connectivity index (χ0n) is 10.4. The maximum atomic E-state index is 11.8. The van der Waals surface area contributed by atoms with Crippen LogP contribution in [0.1, 0.15) is 31.7 Å². The van der Waals surface area contributed by atoms with E-state index in [0.717, 1.165) is 0 Å². The van der Waals surface area contributed by atoms with E-state index in [2.05, 4.69) is 5.32 Å². The molecule has 0 fully saturated rings. The second kappa shape index (κ2) is 6.50. The molecule has 0 spiro atoms. The molecule has 0 aromatic heterocycles. The molecule has 1 unspecified atom stereocenters. The summed E-state index contributed by atoms with van der Waals surface area (Å²) in [5.41, 5.74) is 0.703. The summed E-state index contributed by atoms with van der Waals surface area (Å²) in [6.45, 7) is 6.24. The van der Waals surface area contributed by atoms with Crippen molar-refractivity contribution in [2.45, 2.75) is 32.2 Å². The Morgan fingerprint density at radius 1 is 1.41 bits per heavy atom. The highest BCUT2D eigenvalue weighted by atomic mass is 35.5. The molecule has 1 aromatic carbocycles. The van der Waals surface area contributed by atoms with Crippen molar-refractivity contribution in [1.29, 1.82) is 0 Å². The number of hydrogen-bond donors (Lipinski definition) is 1. The van der Waals surface area contributed by atoms with Crippen molar-refractivity contribution >= 4 is 17.5 Å². The van der Waals surface area contributed by atoms with Gasteiger partial charge < -0.3 is 10.1 Å². The number of halogens is 1. The number of ether oxygens (including phenoxy) is 1. The van der Waals surface area contributed by atoms with E-state index in [0.29, 0.717) is 17.9 Å². The molecule has 0 aliphatic rings. The lowest BCUT2D eigenvalue weighted by Crippen LogP contribution is -2.32. The normalized spacial score (nSPS) is 12.3. The van der Waals surface area contributed by atoms with Crippen LogP contribution in [0.3, 0.4) is 0 Å². The van der Waals surface area contributed by atoms with Gasteiger partial charge in [0.2, 0.25) is 5.91 Å². The van der Waals surface area contributed by atoms with Crippen LogP contribution in [0.15, 0.2) is 24.3 Å². The number of alkyl halides is 1. The number of carbonyl (C=O) groups is 1. The lowest BCUT2D eigenvalue weighted by atomic mass is 10.1. The Balaban J connectivity index is 2.87. The average Bonchev–Trinajstić information content (AvgIpc) is 2.28. The molecule has 94 valence electrons. The van der Waals surface area contributed by atoms with Crippen molar-refractivity contribution in [3.63, 3.8) is 0 Å². The topological polar surface area (TPSA) is 38.3 Å². The molecule has 3 nitrogen and oxygen atoms in total. The van der Waals surface area contributed by atoms with E-state index < -0.39 is 5.38 Å². The monoisotopic (exact) mass is 255 g/mol. The fourth-order valence-corrected chi connectivity index (χ4v) is 1.72. The summed E-state index contributed by atoms with van der Waals surface area (Å²) >= 11 is 6.15. The molecule has 0 saturated heterocycles. The van der Waals surface area contributed by atoms with E-state index in [1.807, 2.05) is 45.0 Å². The van der Waals surface area contributed by atoms with Crippen LogP contribution in [0.4, 0.5) is 0 Å². The SMILES string of the molecule is CCOc1ccccc1C(Cl)C(=O)NC(C)C. The molecule has 0 aliphatic carbocycles. The van der Waals surface area contributed by atoms with Crippen molar-refractivity contribution in [3.8, 4) is 5.75 Å². The van der Waals surface area contributed by atoms with Gasteiger partial charge in [-0.2, -0.15) is 0 Å². The minimum absolute atomic E-state index is 0.0722. The largest absolute Gasteiger partial charge is 0.494 e. The van der Waals surface area contributed by atoms with Crippen molar-refractivity contribution < 1.29 is 9.53 Å². The van der Waals surface area contributed by atoms with Gasteiger partial charge in [-0.25, -0.2) is 0 Å². The van der Waals surface area contributed by atoms with Crippen LogP contribution >= 0.6 is 11.6 Å². The highest BCUT2D eigenvalue weighted by molar-refractivity contribution is 6.31. The molecule has 1 atom stereocenters. The van der Waals surface area contributed by atoms with Gasteiger partial charge in [-0.3, -0.25) is 4.79 Å². The Bertz CT molecular complexity index is 379. The van der Waals surface area contributed by atoms with Crippen LogP contribution in [0.2, 0.25) is 0 Å². The van der Waals surface area contributed by atoms with Crippen LogP contribution in [-0.4, -0.2) is 18.6 Å². The third-order valence-corrected chi connectivity index (χ3v) is 2.59. The Kier molecular flexibility index (Phi) is 5.29. The molecule has 0 radical (unpaired) electrons. The number of para-hydroxylation sites is 1.